The second-order valence-corrected chi connectivity index (χ2v) is 3.42. The fraction of sp³-hybridized carbons (Fsp3) is 0.111. The first-order valence-corrected chi connectivity index (χ1v) is 5.01. The Kier molecular flexibility index (Phi) is 2.06. The smallest absolute Gasteiger partial charge is 0.131 e. The summed E-state index contributed by atoms with van der Waals surface area (Å²) >= 11 is 1.49. The van der Waals surface area contributed by atoms with Gasteiger partial charge in [-0.25, -0.2) is 0 Å². The molecule has 2 aromatic rings. The quantitative estimate of drug-likeness (QED) is 0.702. The summed E-state index contributed by atoms with van der Waals surface area (Å²) in [5.74, 6) is 0.264. The Morgan fingerprint density at radius 2 is 1.77 bits per heavy atom. The number of aromatic hydroxyl groups is 1. The zero-order valence-electron chi connectivity index (χ0n) is 7.06. The van der Waals surface area contributed by atoms with Gasteiger partial charge in [-0.3, -0.25) is 9.97 Å². The summed E-state index contributed by atoms with van der Waals surface area (Å²) in [6.45, 7) is 0. The topological polar surface area (TPSA) is 46.0 Å². The largest absolute Gasteiger partial charge is 0.507 e. The van der Waals surface area contributed by atoms with Gasteiger partial charge in [0.1, 0.15) is 5.75 Å². The molecule has 0 aliphatic carbocycles. The van der Waals surface area contributed by atoms with Gasteiger partial charge in [0.2, 0.25) is 0 Å². The number of rotatable bonds is 1. The SMILES string of the molecule is CSc1cc2nccnc2cc1O. The second kappa shape index (κ2) is 3.22. The van der Waals surface area contributed by atoms with Crippen LogP contribution in [-0.4, -0.2) is 21.3 Å². The van der Waals surface area contributed by atoms with Gasteiger partial charge in [-0.15, -0.1) is 11.8 Å². The molecule has 1 aromatic carbocycles. The zero-order chi connectivity index (χ0) is 9.26. The summed E-state index contributed by atoms with van der Waals surface area (Å²) in [5.41, 5.74) is 1.53. The van der Waals surface area contributed by atoms with Crippen molar-refractivity contribution in [3.8, 4) is 5.75 Å². The fourth-order valence-electron chi connectivity index (χ4n) is 1.14. The molecule has 2 rings (SSSR count). The lowest BCUT2D eigenvalue weighted by molar-refractivity contribution is 0.463. The van der Waals surface area contributed by atoms with E-state index in [0.29, 0.717) is 0 Å². The van der Waals surface area contributed by atoms with Gasteiger partial charge < -0.3 is 5.11 Å². The van der Waals surface area contributed by atoms with Crippen molar-refractivity contribution >= 4 is 22.8 Å². The molecule has 0 unspecified atom stereocenters. The highest BCUT2D eigenvalue weighted by atomic mass is 32.2. The molecule has 0 spiro atoms. The van der Waals surface area contributed by atoms with Crippen molar-refractivity contribution in [1.29, 1.82) is 0 Å². The summed E-state index contributed by atoms with van der Waals surface area (Å²) in [6.07, 6.45) is 5.17. The number of benzene rings is 1. The maximum absolute atomic E-state index is 9.52. The maximum atomic E-state index is 9.52. The minimum Gasteiger partial charge on any atom is -0.507 e. The van der Waals surface area contributed by atoms with E-state index in [-0.39, 0.29) is 5.75 Å². The molecule has 1 N–H and O–H groups in total. The molecule has 0 amide bonds. The molecule has 0 atom stereocenters. The molecular weight excluding hydrogens is 184 g/mol. The Morgan fingerprint density at radius 1 is 1.15 bits per heavy atom. The van der Waals surface area contributed by atoms with Crippen LogP contribution in [-0.2, 0) is 0 Å². The molecular formula is C9H8N2OS. The summed E-state index contributed by atoms with van der Waals surface area (Å²) in [6, 6.07) is 3.47. The molecule has 0 bridgehead atoms. The van der Waals surface area contributed by atoms with Crippen LogP contribution >= 0.6 is 11.8 Å². The summed E-state index contributed by atoms with van der Waals surface area (Å²) in [7, 11) is 0. The van der Waals surface area contributed by atoms with E-state index in [1.54, 1.807) is 18.5 Å². The number of phenols is 1. The number of fused-ring (bicyclic) bond motifs is 1. The van der Waals surface area contributed by atoms with Crippen LogP contribution in [0.1, 0.15) is 0 Å². The van der Waals surface area contributed by atoms with E-state index in [1.807, 2.05) is 12.3 Å². The highest BCUT2D eigenvalue weighted by Gasteiger charge is 2.03. The van der Waals surface area contributed by atoms with Gasteiger partial charge in [-0.2, -0.15) is 0 Å². The first kappa shape index (κ1) is 8.31. The Hall–Kier alpha value is -1.29. The Labute approximate surface area is 79.8 Å². The first-order chi connectivity index (χ1) is 6.31. The molecule has 0 aliphatic rings. The van der Waals surface area contributed by atoms with Crippen molar-refractivity contribution in [3.05, 3.63) is 24.5 Å². The lowest BCUT2D eigenvalue weighted by atomic mass is 10.3. The number of hydrogen-bond acceptors (Lipinski definition) is 4. The average molecular weight is 192 g/mol. The minimum atomic E-state index is 0.264. The number of thioether (sulfide) groups is 1. The van der Waals surface area contributed by atoms with Crippen molar-refractivity contribution < 1.29 is 5.11 Å². The Morgan fingerprint density at radius 3 is 2.38 bits per heavy atom. The second-order valence-electron chi connectivity index (χ2n) is 2.57. The predicted octanol–water partition coefficient (Wildman–Crippen LogP) is 2.06. The van der Waals surface area contributed by atoms with Crippen LogP contribution < -0.4 is 0 Å². The van der Waals surface area contributed by atoms with Crippen molar-refractivity contribution in [1.82, 2.24) is 9.97 Å². The van der Waals surface area contributed by atoms with Crippen LogP contribution in [0.4, 0.5) is 0 Å². The molecule has 0 saturated heterocycles. The van der Waals surface area contributed by atoms with Crippen LogP contribution in [0, 0.1) is 0 Å². The lowest BCUT2D eigenvalue weighted by Gasteiger charge is -2.01. The van der Waals surface area contributed by atoms with Crippen LogP contribution in [0.3, 0.4) is 0 Å². The van der Waals surface area contributed by atoms with Crippen molar-refractivity contribution in [3.63, 3.8) is 0 Å². The lowest BCUT2D eigenvalue weighted by Crippen LogP contribution is -1.83. The van der Waals surface area contributed by atoms with Crippen molar-refractivity contribution in [2.45, 2.75) is 4.90 Å². The standard InChI is InChI=1S/C9H8N2OS/c1-13-9-5-7-6(4-8(9)12)10-2-3-11-7/h2-5,12H,1H3. The monoisotopic (exact) mass is 192 g/mol. The number of aromatic nitrogens is 2. The Bertz CT molecular complexity index is 445. The predicted molar refractivity (Wildman–Crippen MR) is 53.0 cm³/mol. The number of phenolic OH excluding ortho intramolecular Hbond substituents is 1. The van der Waals surface area contributed by atoms with Gasteiger partial charge in [-0.1, -0.05) is 0 Å². The molecule has 0 fully saturated rings. The summed E-state index contributed by atoms with van der Waals surface area (Å²) in [5, 5.41) is 9.52. The van der Waals surface area contributed by atoms with Crippen molar-refractivity contribution in [2.75, 3.05) is 6.26 Å². The number of nitrogens with zero attached hydrogens (tertiary/aromatic N) is 2. The van der Waals surface area contributed by atoms with E-state index < -0.39 is 0 Å². The number of hydrogen-bond donors (Lipinski definition) is 1. The molecule has 1 aromatic heterocycles. The molecule has 4 heteroatoms. The first-order valence-electron chi connectivity index (χ1n) is 3.79. The van der Waals surface area contributed by atoms with Crippen LogP contribution in [0.2, 0.25) is 0 Å². The third kappa shape index (κ3) is 1.45. The molecule has 0 aliphatic heterocycles. The molecule has 0 saturated carbocycles. The van der Waals surface area contributed by atoms with E-state index in [0.717, 1.165) is 15.9 Å². The van der Waals surface area contributed by atoms with Crippen LogP contribution in [0.15, 0.2) is 29.4 Å². The van der Waals surface area contributed by atoms with E-state index >= 15 is 0 Å². The molecule has 3 nitrogen and oxygen atoms in total. The zero-order valence-corrected chi connectivity index (χ0v) is 7.88. The van der Waals surface area contributed by atoms with E-state index in [2.05, 4.69) is 9.97 Å². The van der Waals surface area contributed by atoms with E-state index in [9.17, 15) is 5.11 Å². The molecule has 66 valence electrons. The molecule has 0 radical (unpaired) electrons. The van der Waals surface area contributed by atoms with Gasteiger partial charge >= 0.3 is 0 Å². The summed E-state index contributed by atoms with van der Waals surface area (Å²) in [4.78, 5) is 9.06. The van der Waals surface area contributed by atoms with Gasteiger partial charge in [0.05, 0.1) is 15.9 Å². The summed E-state index contributed by atoms with van der Waals surface area (Å²) < 4.78 is 0. The van der Waals surface area contributed by atoms with Crippen molar-refractivity contribution in [2.24, 2.45) is 0 Å². The van der Waals surface area contributed by atoms with Crippen LogP contribution in [0.25, 0.3) is 11.0 Å². The molecule has 1 heterocycles. The highest BCUT2D eigenvalue weighted by Crippen LogP contribution is 2.29. The van der Waals surface area contributed by atoms with Gasteiger partial charge in [0, 0.05) is 18.5 Å². The van der Waals surface area contributed by atoms with E-state index in [1.165, 1.54) is 11.8 Å². The average Bonchev–Trinajstić information content (AvgIpc) is 2.17. The van der Waals surface area contributed by atoms with Gasteiger partial charge in [0.25, 0.3) is 0 Å². The van der Waals surface area contributed by atoms with Gasteiger partial charge in [-0.05, 0) is 12.3 Å². The normalized spacial score (nSPS) is 10.5. The maximum Gasteiger partial charge on any atom is 0.131 e. The highest BCUT2D eigenvalue weighted by molar-refractivity contribution is 7.98. The van der Waals surface area contributed by atoms with E-state index in [4.69, 9.17) is 0 Å². The third-order valence-electron chi connectivity index (χ3n) is 1.77. The fourth-order valence-corrected chi connectivity index (χ4v) is 1.64. The van der Waals surface area contributed by atoms with Gasteiger partial charge in [0.15, 0.2) is 0 Å². The Balaban J connectivity index is 2.74. The minimum absolute atomic E-state index is 0.264. The van der Waals surface area contributed by atoms with Crippen LogP contribution in [0.5, 0.6) is 5.75 Å². The molecule has 13 heavy (non-hydrogen) atoms. The third-order valence-corrected chi connectivity index (χ3v) is 2.54.